The zero-order valence-electron chi connectivity index (χ0n) is 11.9. The molecule has 2 N–H and O–H groups in total. The molecule has 0 aliphatic heterocycles. The molecule has 2 atom stereocenters. The molecule has 0 aliphatic rings. The van der Waals surface area contributed by atoms with Crippen LogP contribution >= 0.6 is 0 Å². The first kappa shape index (κ1) is 15.9. The lowest BCUT2D eigenvalue weighted by Crippen LogP contribution is -2.57. The number of rotatable bonds is 5. The highest BCUT2D eigenvalue weighted by molar-refractivity contribution is 5.78. The van der Waals surface area contributed by atoms with E-state index in [2.05, 4.69) is 5.32 Å². The number of hydrogen-bond acceptors (Lipinski definition) is 3. The third-order valence-electron chi connectivity index (χ3n) is 3.97. The molecule has 0 saturated heterocycles. The van der Waals surface area contributed by atoms with E-state index in [4.69, 9.17) is 4.42 Å². The summed E-state index contributed by atoms with van der Waals surface area (Å²) in [5.74, 6) is 0. The lowest BCUT2D eigenvalue weighted by Gasteiger charge is -2.39. The van der Waals surface area contributed by atoms with Crippen LogP contribution in [0.15, 0.2) is 34.9 Å². The predicted molar refractivity (Wildman–Crippen MR) is 74.2 cm³/mol. The molecule has 0 amide bonds. The summed E-state index contributed by atoms with van der Waals surface area (Å²) in [5.41, 5.74) is -1.56. The molecule has 3 nitrogen and oxygen atoms in total. The van der Waals surface area contributed by atoms with Gasteiger partial charge >= 0.3 is 6.18 Å². The fourth-order valence-corrected chi connectivity index (χ4v) is 2.55. The average molecular weight is 301 g/mol. The number of aliphatic hydroxyl groups excluding tert-OH is 1. The van der Waals surface area contributed by atoms with Crippen LogP contribution in [0.5, 0.6) is 0 Å². The zero-order chi connectivity index (χ0) is 15.7. The van der Waals surface area contributed by atoms with Crippen LogP contribution in [0.1, 0.15) is 19.4 Å². The van der Waals surface area contributed by atoms with Crippen molar-refractivity contribution in [1.82, 2.24) is 5.32 Å². The van der Waals surface area contributed by atoms with Crippen molar-refractivity contribution in [2.75, 3.05) is 13.2 Å². The highest BCUT2D eigenvalue weighted by Gasteiger charge is 2.56. The third kappa shape index (κ3) is 2.65. The van der Waals surface area contributed by atoms with Crippen LogP contribution in [0, 0.1) is 0 Å². The quantitative estimate of drug-likeness (QED) is 0.891. The van der Waals surface area contributed by atoms with E-state index in [9.17, 15) is 18.3 Å². The molecule has 1 aromatic heterocycles. The maximum absolute atomic E-state index is 13.7. The first-order valence-electron chi connectivity index (χ1n) is 6.73. The van der Waals surface area contributed by atoms with Crippen LogP contribution in [0.4, 0.5) is 13.2 Å². The molecule has 1 heterocycles. The standard InChI is InChI=1S/C15H18F3NO2/c1-3-19-13(9-20)14(2,15(16,17)18)11-4-5-12-10(8-11)6-7-21-12/h4-8,13,19-20H,3,9H2,1-2H3. The maximum Gasteiger partial charge on any atom is 0.399 e. The number of furan rings is 1. The molecule has 2 unspecified atom stereocenters. The Morgan fingerprint density at radius 1 is 1.29 bits per heavy atom. The van der Waals surface area contributed by atoms with Crippen molar-refractivity contribution in [2.24, 2.45) is 0 Å². The summed E-state index contributed by atoms with van der Waals surface area (Å²) in [7, 11) is 0. The van der Waals surface area contributed by atoms with Gasteiger partial charge in [-0.15, -0.1) is 0 Å². The Hall–Kier alpha value is -1.53. The first-order valence-corrected chi connectivity index (χ1v) is 6.73. The molecule has 2 aromatic rings. The van der Waals surface area contributed by atoms with Gasteiger partial charge < -0.3 is 14.8 Å². The smallest absolute Gasteiger partial charge is 0.399 e. The largest absolute Gasteiger partial charge is 0.464 e. The van der Waals surface area contributed by atoms with E-state index >= 15 is 0 Å². The Morgan fingerprint density at radius 2 is 2.00 bits per heavy atom. The Labute approximate surface area is 120 Å². The SMILES string of the molecule is CCNC(CO)C(C)(c1ccc2occc2c1)C(F)(F)F. The Balaban J connectivity index is 2.57. The van der Waals surface area contributed by atoms with Crippen LogP contribution < -0.4 is 5.32 Å². The monoisotopic (exact) mass is 301 g/mol. The second-order valence-corrected chi connectivity index (χ2v) is 5.17. The Bertz CT molecular complexity index is 608. The van der Waals surface area contributed by atoms with Gasteiger partial charge in [0.15, 0.2) is 0 Å². The third-order valence-corrected chi connectivity index (χ3v) is 3.97. The van der Waals surface area contributed by atoms with E-state index in [0.29, 0.717) is 17.5 Å². The van der Waals surface area contributed by atoms with E-state index in [-0.39, 0.29) is 5.56 Å². The summed E-state index contributed by atoms with van der Waals surface area (Å²) in [4.78, 5) is 0. The molecule has 2 rings (SSSR count). The molecule has 0 radical (unpaired) electrons. The van der Waals surface area contributed by atoms with Gasteiger partial charge in [0.05, 0.1) is 12.9 Å². The van der Waals surface area contributed by atoms with Gasteiger partial charge in [-0.25, -0.2) is 0 Å². The summed E-state index contributed by atoms with van der Waals surface area (Å²) in [6.07, 6.45) is -3.06. The van der Waals surface area contributed by atoms with Gasteiger partial charge in [0, 0.05) is 11.4 Å². The number of likely N-dealkylation sites (N-methyl/N-ethyl adjacent to an activating group) is 1. The van der Waals surface area contributed by atoms with E-state index in [1.54, 1.807) is 13.0 Å². The summed E-state index contributed by atoms with van der Waals surface area (Å²) >= 11 is 0. The molecule has 0 bridgehead atoms. The minimum Gasteiger partial charge on any atom is -0.464 e. The molecule has 21 heavy (non-hydrogen) atoms. The van der Waals surface area contributed by atoms with Crippen molar-refractivity contribution in [1.29, 1.82) is 0 Å². The van der Waals surface area contributed by atoms with Crippen molar-refractivity contribution in [3.05, 3.63) is 36.1 Å². The van der Waals surface area contributed by atoms with Crippen molar-refractivity contribution < 1.29 is 22.7 Å². The number of fused-ring (bicyclic) bond motifs is 1. The zero-order valence-corrected chi connectivity index (χ0v) is 11.9. The predicted octanol–water partition coefficient (Wildman–Crippen LogP) is 3.22. The fourth-order valence-electron chi connectivity index (χ4n) is 2.55. The van der Waals surface area contributed by atoms with Crippen LogP contribution in [-0.2, 0) is 5.41 Å². The van der Waals surface area contributed by atoms with E-state index in [1.807, 2.05) is 0 Å². The Kier molecular flexibility index (Phi) is 4.30. The Morgan fingerprint density at radius 3 is 2.57 bits per heavy atom. The molecule has 1 aromatic carbocycles. The van der Waals surface area contributed by atoms with Gasteiger partial charge in [0.25, 0.3) is 0 Å². The molecule has 0 saturated carbocycles. The van der Waals surface area contributed by atoms with Crippen LogP contribution in [-0.4, -0.2) is 30.5 Å². The van der Waals surface area contributed by atoms with E-state index in [1.165, 1.54) is 24.5 Å². The van der Waals surface area contributed by atoms with E-state index < -0.39 is 24.2 Å². The lowest BCUT2D eigenvalue weighted by molar-refractivity contribution is -0.197. The number of halogens is 3. The number of hydrogen-bond donors (Lipinski definition) is 2. The van der Waals surface area contributed by atoms with Crippen LogP contribution in [0.2, 0.25) is 0 Å². The summed E-state index contributed by atoms with van der Waals surface area (Å²) in [6, 6.07) is 4.89. The van der Waals surface area contributed by atoms with Gasteiger partial charge in [0.1, 0.15) is 11.0 Å². The van der Waals surface area contributed by atoms with Crippen molar-refractivity contribution in [3.63, 3.8) is 0 Å². The normalized spacial score (nSPS) is 16.9. The fraction of sp³-hybridized carbons (Fsp3) is 0.467. The van der Waals surface area contributed by atoms with Crippen molar-refractivity contribution in [2.45, 2.75) is 31.5 Å². The minimum atomic E-state index is -4.50. The molecule has 116 valence electrons. The van der Waals surface area contributed by atoms with Crippen molar-refractivity contribution >= 4 is 11.0 Å². The number of aliphatic hydroxyl groups is 1. The molecule has 6 heteroatoms. The molecular weight excluding hydrogens is 283 g/mol. The van der Waals surface area contributed by atoms with Gasteiger partial charge in [-0.05, 0) is 37.2 Å². The second kappa shape index (κ2) is 5.69. The minimum absolute atomic E-state index is 0.101. The average Bonchev–Trinajstić information content (AvgIpc) is 2.89. The van der Waals surface area contributed by atoms with Crippen molar-refractivity contribution in [3.8, 4) is 0 Å². The highest BCUT2D eigenvalue weighted by atomic mass is 19.4. The molecule has 0 spiro atoms. The number of benzene rings is 1. The van der Waals surface area contributed by atoms with Gasteiger partial charge in [-0.3, -0.25) is 0 Å². The van der Waals surface area contributed by atoms with Gasteiger partial charge in [-0.1, -0.05) is 13.0 Å². The highest BCUT2D eigenvalue weighted by Crippen LogP contribution is 2.44. The van der Waals surface area contributed by atoms with Gasteiger partial charge in [-0.2, -0.15) is 13.2 Å². The van der Waals surface area contributed by atoms with E-state index in [0.717, 1.165) is 6.92 Å². The van der Waals surface area contributed by atoms with Crippen LogP contribution in [0.3, 0.4) is 0 Å². The first-order chi connectivity index (χ1) is 9.84. The lowest BCUT2D eigenvalue weighted by atomic mass is 9.75. The number of alkyl halides is 3. The molecule has 0 aliphatic carbocycles. The molecule has 0 fully saturated rings. The van der Waals surface area contributed by atoms with Gasteiger partial charge in [0.2, 0.25) is 0 Å². The topological polar surface area (TPSA) is 45.4 Å². The number of nitrogens with one attached hydrogen (secondary N) is 1. The molecular formula is C15H18F3NO2. The van der Waals surface area contributed by atoms with Crippen LogP contribution in [0.25, 0.3) is 11.0 Å². The second-order valence-electron chi connectivity index (χ2n) is 5.17. The summed E-state index contributed by atoms with van der Waals surface area (Å²) in [5, 5.41) is 12.7. The summed E-state index contributed by atoms with van der Waals surface area (Å²) in [6.45, 7) is 2.55. The summed E-state index contributed by atoms with van der Waals surface area (Å²) < 4.78 is 46.3. The maximum atomic E-state index is 13.7.